The minimum Gasteiger partial charge on any atom is -0.490 e. The van der Waals surface area contributed by atoms with Gasteiger partial charge < -0.3 is 19.9 Å². The van der Waals surface area contributed by atoms with E-state index in [1.165, 1.54) is 12.3 Å². The van der Waals surface area contributed by atoms with Gasteiger partial charge in [-0.2, -0.15) is 5.26 Å². The third-order valence-corrected chi connectivity index (χ3v) is 12.9. The Bertz CT molecular complexity index is 2240. The first-order valence-corrected chi connectivity index (χ1v) is 20.1. The molecule has 4 aliphatic heterocycles. The van der Waals surface area contributed by atoms with Crippen molar-refractivity contribution in [3.8, 4) is 11.8 Å². The number of hydrogen-bond donors (Lipinski definition) is 2. The fraction of sp³-hybridized carbons (Fsp3) is 0.463. The summed E-state index contributed by atoms with van der Waals surface area (Å²) in [6.45, 7) is 4.32. The van der Waals surface area contributed by atoms with Crippen molar-refractivity contribution in [1.82, 2.24) is 30.4 Å². The SMILES string of the molecule is N#Cc1ccc(O[C@H]2CC[C@H](NC(=O)c3cnc(N4CC5(CC(N6CCN(c7cc8c(cc7F)C(=O)N(C7CCC(=O)NC7=O)C8=O)CC6)C5)C4)cn3)CC2)cc1Cl. The fourth-order valence-corrected chi connectivity index (χ4v) is 9.68. The maximum absolute atomic E-state index is 15.4. The Morgan fingerprint density at radius 3 is 2.31 bits per heavy atom. The molecule has 300 valence electrons. The Balaban J connectivity index is 0.712. The number of ether oxygens (including phenoxy) is 1. The van der Waals surface area contributed by atoms with Crippen LogP contribution in [0.3, 0.4) is 0 Å². The minimum absolute atomic E-state index is 0.00679. The van der Waals surface area contributed by atoms with E-state index in [-0.39, 0.29) is 58.8 Å². The fourth-order valence-electron chi connectivity index (χ4n) is 9.47. The number of imide groups is 2. The molecule has 17 heteroatoms. The largest absolute Gasteiger partial charge is 0.490 e. The molecule has 5 amide bonds. The molecule has 15 nitrogen and oxygen atoms in total. The third-order valence-electron chi connectivity index (χ3n) is 12.6. The molecule has 1 unspecified atom stereocenters. The summed E-state index contributed by atoms with van der Waals surface area (Å²) in [6, 6.07) is 8.95. The molecular formula is C41H41ClFN9O6. The number of carbonyl (C=O) groups excluding carboxylic acids is 5. The van der Waals surface area contributed by atoms with E-state index >= 15 is 4.39 Å². The summed E-state index contributed by atoms with van der Waals surface area (Å²) in [4.78, 5) is 79.8. The first-order valence-electron chi connectivity index (χ1n) is 19.8. The highest BCUT2D eigenvalue weighted by Crippen LogP contribution is 2.51. The Kier molecular flexibility index (Phi) is 9.76. The van der Waals surface area contributed by atoms with Crippen molar-refractivity contribution in [3.63, 3.8) is 0 Å². The number of carbonyl (C=O) groups is 5. The van der Waals surface area contributed by atoms with E-state index in [9.17, 15) is 24.0 Å². The van der Waals surface area contributed by atoms with Crippen LogP contribution < -0.4 is 25.2 Å². The lowest BCUT2D eigenvalue weighted by Crippen LogP contribution is -2.68. The van der Waals surface area contributed by atoms with Gasteiger partial charge in [0.05, 0.1) is 45.9 Å². The predicted octanol–water partition coefficient (Wildman–Crippen LogP) is 3.45. The number of nitriles is 1. The summed E-state index contributed by atoms with van der Waals surface area (Å²) in [5, 5.41) is 14.7. The molecule has 1 aromatic heterocycles. The van der Waals surface area contributed by atoms with Crippen LogP contribution in [-0.2, 0) is 9.59 Å². The number of rotatable bonds is 8. The van der Waals surface area contributed by atoms with E-state index < -0.39 is 35.5 Å². The second-order valence-electron chi connectivity index (χ2n) is 16.3. The molecule has 3 aromatic rings. The van der Waals surface area contributed by atoms with Gasteiger partial charge in [0.15, 0.2) is 0 Å². The molecule has 6 aliphatic rings. The molecule has 2 aliphatic carbocycles. The molecule has 2 N–H and O–H groups in total. The summed E-state index contributed by atoms with van der Waals surface area (Å²) in [7, 11) is 0. The number of amides is 5. The quantitative estimate of drug-likeness (QED) is 0.317. The third kappa shape index (κ3) is 7.00. The van der Waals surface area contributed by atoms with Crippen molar-refractivity contribution < 1.29 is 33.1 Å². The number of anilines is 2. The van der Waals surface area contributed by atoms with Gasteiger partial charge in [0.25, 0.3) is 17.7 Å². The second-order valence-corrected chi connectivity index (χ2v) is 16.7. The van der Waals surface area contributed by atoms with Crippen molar-refractivity contribution in [2.24, 2.45) is 5.41 Å². The van der Waals surface area contributed by atoms with E-state index in [4.69, 9.17) is 21.6 Å². The first-order chi connectivity index (χ1) is 28.0. The summed E-state index contributed by atoms with van der Waals surface area (Å²) in [5.74, 6) is -2.00. The molecule has 58 heavy (non-hydrogen) atoms. The molecule has 1 atom stereocenters. The summed E-state index contributed by atoms with van der Waals surface area (Å²) < 4.78 is 21.5. The predicted molar refractivity (Wildman–Crippen MR) is 207 cm³/mol. The normalized spacial score (nSPS) is 24.5. The topological polar surface area (TPSA) is 181 Å². The van der Waals surface area contributed by atoms with Gasteiger partial charge in [0, 0.05) is 69.3 Å². The lowest BCUT2D eigenvalue weighted by Gasteiger charge is -2.62. The van der Waals surface area contributed by atoms with Crippen molar-refractivity contribution in [2.75, 3.05) is 49.1 Å². The number of hydrogen-bond acceptors (Lipinski definition) is 12. The molecule has 0 radical (unpaired) electrons. The minimum atomic E-state index is -1.10. The Hall–Kier alpha value is -5.66. The summed E-state index contributed by atoms with van der Waals surface area (Å²) in [5.41, 5.74) is 1.16. The van der Waals surface area contributed by atoms with E-state index in [0.717, 1.165) is 81.5 Å². The van der Waals surface area contributed by atoms with Crippen molar-refractivity contribution in [3.05, 3.63) is 75.9 Å². The molecule has 5 heterocycles. The van der Waals surface area contributed by atoms with Gasteiger partial charge in [0.1, 0.15) is 35.2 Å². The van der Waals surface area contributed by atoms with Crippen LogP contribution in [0.1, 0.15) is 88.1 Å². The van der Waals surface area contributed by atoms with Gasteiger partial charge in [-0.05, 0) is 69.2 Å². The zero-order valence-electron chi connectivity index (χ0n) is 31.6. The number of nitrogens with zero attached hydrogens (tertiary/aromatic N) is 7. The molecule has 1 spiro atoms. The molecular weight excluding hydrogens is 769 g/mol. The molecule has 2 saturated carbocycles. The van der Waals surface area contributed by atoms with E-state index in [1.807, 2.05) is 11.0 Å². The molecule has 3 saturated heterocycles. The van der Waals surface area contributed by atoms with Crippen LogP contribution in [0.15, 0.2) is 42.7 Å². The average molecular weight is 810 g/mol. The Morgan fingerprint density at radius 1 is 0.931 bits per heavy atom. The van der Waals surface area contributed by atoms with Crippen molar-refractivity contribution in [1.29, 1.82) is 5.26 Å². The van der Waals surface area contributed by atoms with Crippen LogP contribution in [-0.4, -0.2) is 113 Å². The van der Waals surface area contributed by atoms with E-state index in [2.05, 4.69) is 30.4 Å². The molecule has 0 bridgehead atoms. The van der Waals surface area contributed by atoms with Crippen LogP contribution in [0, 0.1) is 22.6 Å². The highest BCUT2D eigenvalue weighted by atomic mass is 35.5. The van der Waals surface area contributed by atoms with Gasteiger partial charge in [-0.25, -0.2) is 14.4 Å². The summed E-state index contributed by atoms with van der Waals surface area (Å²) in [6.07, 6.45) is 8.45. The van der Waals surface area contributed by atoms with Gasteiger partial charge in [-0.1, -0.05) is 11.6 Å². The number of piperazine rings is 1. The van der Waals surface area contributed by atoms with Crippen molar-refractivity contribution >= 4 is 52.6 Å². The van der Waals surface area contributed by atoms with Crippen LogP contribution in [0.25, 0.3) is 0 Å². The average Bonchev–Trinajstić information content (AvgIpc) is 3.42. The smallest absolute Gasteiger partial charge is 0.271 e. The molecule has 5 fully saturated rings. The van der Waals surface area contributed by atoms with Gasteiger partial charge in [0.2, 0.25) is 11.8 Å². The Morgan fingerprint density at radius 2 is 1.66 bits per heavy atom. The zero-order valence-corrected chi connectivity index (χ0v) is 32.3. The maximum atomic E-state index is 15.4. The molecule has 2 aromatic carbocycles. The second kappa shape index (κ2) is 14.9. The van der Waals surface area contributed by atoms with Gasteiger partial charge in [-0.3, -0.25) is 39.1 Å². The van der Waals surface area contributed by atoms with Crippen LogP contribution >= 0.6 is 11.6 Å². The van der Waals surface area contributed by atoms with Crippen LogP contribution in [0.4, 0.5) is 15.9 Å². The Labute approximate surface area is 338 Å². The highest BCUT2D eigenvalue weighted by molar-refractivity contribution is 6.31. The van der Waals surface area contributed by atoms with Crippen LogP contribution in [0.2, 0.25) is 5.02 Å². The van der Waals surface area contributed by atoms with Crippen LogP contribution in [0.5, 0.6) is 5.75 Å². The monoisotopic (exact) mass is 809 g/mol. The number of benzene rings is 2. The lowest BCUT2D eigenvalue weighted by molar-refractivity contribution is -0.136. The number of fused-ring (bicyclic) bond motifs is 1. The van der Waals surface area contributed by atoms with Crippen molar-refractivity contribution in [2.45, 2.75) is 75.6 Å². The zero-order chi connectivity index (χ0) is 40.3. The first kappa shape index (κ1) is 37.9. The van der Waals surface area contributed by atoms with Gasteiger partial charge in [-0.15, -0.1) is 0 Å². The van der Waals surface area contributed by atoms with Gasteiger partial charge >= 0.3 is 0 Å². The number of nitrogens with one attached hydrogen (secondary N) is 2. The maximum Gasteiger partial charge on any atom is 0.271 e. The van der Waals surface area contributed by atoms with E-state index in [0.29, 0.717) is 35.5 Å². The number of halogens is 2. The standard InChI is InChI=1S/C41H41ClFN9O6/c42-30-13-27(4-1-23(30)18-44)58-26-5-2-24(3-6-26)47-37(54)32-19-46-35(20-45-32)51-21-41(22-51)16-25(17-41)49-9-11-50(12-10-49)34-15-29-28(14-31(34)43)39(56)52(40(29)57)33-7-8-36(53)48-38(33)55/h1,4,13-15,19-20,24-26,33H,2-3,5-12,16-17,21-22H2,(H,47,54)(H,48,53,55)/t24-,26-,33?. The summed E-state index contributed by atoms with van der Waals surface area (Å²) >= 11 is 6.14. The number of piperidine rings is 1. The number of aromatic nitrogens is 2. The van der Waals surface area contributed by atoms with E-state index in [1.54, 1.807) is 24.4 Å². The lowest BCUT2D eigenvalue weighted by atomic mass is 9.60. The highest BCUT2D eigenvalue weighted by Gasteiger charge is 2.54. The molecule has 9 rings (SSSR count).